The Hall–Kier alpha value is -3.28. The SMILES string of the molecule is CN(C)c1nc(-c2ccccc2)nc2c1CCN(C(=O)c1cccnc1)C2. The van der Waals surface area contributed by atoms with E-state index in [1.54, 1.807) is 24.5 Å². The van der Waals surface area contributed by atoms with E-state index in [-0.39, 0.29) is 5.91 Å². The third-order valence-electron chi connectivity index (χ3n) is 4.69. The van der Waals surface area contributed by atoms with Crippen molar-refractivity contribution in [2.75, 3.05) is 25.5 Å². The summed E-state index contributed by atoms with van der Waals surface area (Å²) < 4.78 is 0. The third kappa shape index (κ3) is 3.38. The Morgan fingerprint density at radius 2 is 1.89 bits per heavy atom. The highest BCUT2D eigenvalue weighted by molar-refractivity contribution is 5.94. The molecule has 0 saturated carbocycles. The number of pyridine rings is 1. The zero-order valence-electron chi connectivity index (χ0n) is 15.5. The second-order valence-electron chi connectivity index (χ2n) is 6.77. The van der Waals surface area contributed by atoms with E-state index in [0.29, 0.717) is 24.5 Å². The van der Waals surface area contributed by atoms with E-state index in [4.69, 9.17) is 9.97 Å². The van der Waals surface area contributed by atoms with Gasteiger partial charge in [-0.15, -0.1) is 0 Å². The molecule has 0 atom stereocenters. The van der Waals surface area contributed by atoms with Crippen molar-refractivity contribution < 1.29 is 4.79 Å². The maximum atomic E-state index is 12.8. The molecule has 1 aliphatic heterocycles. The van der Waals surface area contributed by atoms with Crippen molar-refractivity contribution in [3.05, 3.63) is 71.7 Å². The molecule has 0 spiro atoms. The molecule has 0 bridgehead atoms. The Labute approximate surface area is 158 Å². The molecule has 0 radical (unpaired) electrons. The van der Waals surface area contributed by atoms with Crippen molar-refractivity contribution in [1.82, 2.24) is 19.9 Å². The van der Waals surface area contributed by atoms with Crippen LogP contribution in [0.15, 0.2) is 54.9 Å². The molecule has 3 heterocycles. The first-order valence-corrected chi connectivity index (χ1v) is 8.95. The molecule has 0 N–H and O–H groups in total. The standard InChI is InChI=1S/C21H21N5O/c1-25(2)20-17-10-12-26(21(27)16-9-6-11-22-13-16)14-18(17)23-19(24-20)15-7-4-3-5-8-15/h3-9,11,13H,10,12,14H2,1-2H3. The van der Waals surface area contributed by atoms with E-state index in [1.807, 2.05) is 54.2 Å². The fourth-order valence-corrected chi connectivity index (χ4v) is 3.34. The van der Waals surface area contributed by atoms with Gasteiger partial charge in [0.2, 0.25) is 0 Å². The van der Waals surface area contributed by atoms with Gasteiger partial charge in [0.1, 0.15) is 5.82 Å². The topological polar surface area (TPSA) is 62.2 Å². The quantitative estimate of drug-likeness (QED) is 0.720. The van der Waals surface area contributed by atoms with Gasteiger partial charge in [-0.2, -0.15) is 0 Å². The smallest absolute Gasteiger partial charge is 0.255 e. The summed E-state index contributed by atoms with van der Waals surface area (Å²) in [7, 11) is 3.98. The summed E-state index contributed by atoms with van der Waals surface area (Å²) in [5.74, 6) is 1.60. The van der Waals surface area contributed by atoms with E-state index in [2.05, 4.69) is 4.98 Å². The molecule has 0 saturated heterocycles. The predicted molar refractivity (Wildman–Crippen MR) is 104 cm³/mol. The van der Waals surface area contributed by atoms with Crippen molar-refractivity contribution in [1.29, 1.82) is 0 Å². The molecule has 6 nitrogen and oxygen atoms in total. The number of amides is 1. The molecular weight excluding hydrogens is 338 g/mol. The summed E-state index contributed by atoms with van der Waals surface area (Å²) in [4.78, 5) is 30.3. The van der Waals surface area contributed by atoms with Crippen molar-refractivity contribution >= 4 is 11.7 Å². The number of fused-ring (bicyclic) bond motifs is 1. The van der Waals surface area contributed by atoms with E-state index < -0.39 is 0 Å². The van der Waals surface area contributed by atoms with Crippen LogP contribution in [0, 0.1) is 0 Å². The first kappa shape index (κ1) is 17.1. The van der Waals surface area contributed by atoms with Gasteiger partial charge in [-0.1, -0.05) is 30.3 Å². The van der Waals surface area contributed by atoms with Crippen LogP contribution in [0.2, 0.25) is 0 Å². The van der Waals surface area contributed by atoms with Gasteiger partial charge < -0.3 is 9.80 Å². The van der Waals surface area contributed by atoms with Gasteiger partial charge in [-0.05, 0) is 18.6 Å². The molecule has 2 aromatic heterocycles. The molecule has 27 heavy (non-hydrogen) atoms. The molecule has 1 aromatic carbocycles. The molecule has 1 aliphatic rings. The highest BCUT2D eigenvalue weighted by Crippen LogP contribution is 2.29. The molecule has 6 heteroatoms. The van der Waals surface area contributed by atoms with Gasteiger partial charge in [0.05, 0.1) is 17.8 Å². The average Bonchev–Trinajstić information content (AvgIpc) is 2.73. The van der Waals surface area contributed by atoms with Gasteiger partial charge in [-0.3, -0.25) is 9.78 Å². The van der Waals surface area contributed by atoms with Crippen molar-refractivity contribution in [2.45, 2.75) is 13.0 Å². The maximum Gasteiger partial charge on any atom is 0.255 e. The van der Waals surface area contributed by atoms with Crippen LogP contribution in [0.5, 0.6) is 0 Å². The zero-order valence-corrected chi connectivity index (χ0v) is 15.5. The summed E-state index contributed by atoms with van der Waals surface area (Å²) in [6.07, 6.45) is 4.02. The number of hydrogen-bond donors (Lipinski definition) is 0. The lowest BCUT2D eigenvalue weighted by atomic mass is 10.0. The summed E-state index contributed by atoms with van der Waals surface area (Å²) in [6.45, 7) is 1.13. The number of rotatable bonds is 3. The van der Waals surface area contributed by atoms with E-state index in [9.17, 15) is 4.79 Å². The number of anilines is 1. The summed E-state index contributed by atoms with van der Waals surface area (Å²) in [5.41, 5.74) is 3.61. The van der Waals surface area contributed by atoms with Gasteiger partial charge in [-0.25, -0.2) is 9.97 Å². The average molecular weight is 359 g/mol. The minimum absolute atomic E-state index is 0.0139. The van der Waals surface area contributed by atoms with Crippen LogP contribution in [-0.2, 0) is 13.0 Å². The highest BCUT2D eigenvalue weighted by atomic mass is 16.2. The lowest BCUT2D eigenvalue weighted by molar-refractivity contribution is 0.0731. The highest BCUT2D eigenvalue weighted by Gasteiger charge is 2.27. The molecule has 3 aromatic rings. The number of carbonyl (C=O) groups is 1. The molecule has 0 unspecified atom stereocenters. The Morgan fingerprint density at radius 1 is 1.07 bits per heavy atom. The number of benzene rings is 1. The number of carbonyl (C=O) groups excluding carboxylic acids is 1. The number of aromatic nitrogens is 3. The van der Waals surface area contributed by atoms with E-state index >= 15 is 0 Å². The minimum Gasteiger partial charge on any atom is -0.362 e. The molecule has 1 amide bonds. The zero-order chi connectivity index (χ0) is 18.8. The van der Waals surface area contributed by atoms with Gasteiger partial charge >= 0.3 is 0 Å². The summed E-state index contributed by atoms with van der Waals surface area (Å²) in [5, 5.41) is 0. The van der Waals surface area contributed by atoms with Crippen LogP contribution in [0.25, 0.3) is 11.4 Å². The summed E-state index contributed by atoms with van der Waals surface area (Å²) in [6, 6.07) is 13.5. The largest absolute Gasteiger partial charge is 0.362 e. The normalized spacial score (nSPS) is 13.2. The number of nitrogens with zero attached hydrogens (tertiary/aromatic N) is 5. The Kier molecular flexibility index (Phi) is 4.54. The fraction of sp³-hybridized carbons (Fsp3) is 0.238. The molecule has 0 aliphatic carbocycles. The predicted octanol–water partition coefficient (Wildman–Crippen LogP) is 2.80. The Balaban J connectivity index is 1.71. The molecular formula is C21H21N5O. The third-order valence-corrected chi connectivity index (χ3v) is 4.69. The van der Waals surface area contributed by atoms with Gasteiger partial charge in [0.15, 0.2) is 5.82 Å². The Bertz CT molecular complexity index is 957. The van der Waals surface area contributed by atoms with Crippen LogP contribution >= 0.6 is 0 Å². The van der Waals surface area contributed by atoms with E-state index in [0.717, 1.165) is 29.1 Å². The molecule has 4 rings (SSSR count). The minimum atomic E-state index is -0.0139. The molecule has 0 fully saturated rings. The van der Waals surface area contributed by atoms with Crippen LogP contribution in [0.4, 0.5) is 5.82 Å². The lowest BCUT2D eigenvalue weighted by Gasteiger charge is -2.30. The summed E-state index contributed by atoms with van der Waals surface area (Å²) >= 11 is 0. The molecule has 136 valence electrons. The van der Waals surface area contributed by atoms with Crippen molar-refractivity contribution in [3.8, 4) is 11.4 Å². The number of hydrogen-bond acceptors (Lipinski definition) is 5. The first-order valence-electron chi connectivity index (χ1n) is 8.95. The second-order valence-corrected chi connectivity index (χ2v) is 6.77. The fourth-order valence-electron chi connectivity index (χ4n) is 3.34. The monoisotopic (exact) mass is 359 g/mol. The van der Waals surface area contributed by atoms with Crippen molar-refractivity contribution in [2.24, 2.45) is 0 Å². The van der Waals surface area contributed by atoms with Crippen LogP contribution < -0.4 is 4.90 Å². The second kappa shape index (κ2) is 7.15. The van der Waals surface area contributed by atoms with Crippen LogP contribution in [0.3, 0.4) is 0 Å². The van der Waals surface area contributed by atoms with Crippen LogP contribution in [0.1, 0.15) is 21.6 Å². The Morgan fingerprint density at radius 3 is 2.59 bits per heavy atom. The van der Waals surface area contributed by atoms with Gasteiger partial charge in [0.25, 0.3) is 5.91 Å². The lowest BCUT2D eigenvalue weighted by Crippen LogP contribution is -2.37. The van der Waals surface area contributed by atoms with Crippen LogP contribution in [-0.4, -0.2) is 46.4 Å². The van der Waals surface area contributed by atoms with Gasteiger partial charge in [0, 0.05) is 44.2 Å². The first-order chi connectivity index (χ1) is 13.1. The van der Waals surface area contributed by atoms with Crippen molar-refractivity contribution in [3.63, 3.8) is 0 Å². The maximum absolute atomic E-state index is 12.8. The van der Waals surface area contributed by atoms with E-state index in [1.165, 1.54) is 0 Å².